The number of hydrogen-bond acceptors (Lipinski definition) is 19. The second kappa shape index (κ2) is 38.9. The summed E-state index contributed by atoms with van der Waals surface area (Å²) >= 11 is 0. The first-order valence-electron chi connectivity index (χ1n) is 33.4. The highest BCUT2D eigenvalue weighted by Gasteiger charge is 2.45. The number of alkyl carbamates (subject to hydrolysis) is 1. The zero-order valence-electron chi connectivity index (χ0n) is 57.3. The summed E-state index contributed by atoms with van der Waals surface area (Å²) in [6, 6.07) is 16.4. The first-order chi connectivity index (χ1) is 47.8. The molecule has 0 saturated heterocycles. The molecule has 29 nitrogen and oxygen atoms in total. The van der Waals surface area contributed by atoms with Crippen molar-refractivity contribution in [1.29, 1.82) is 0 Å². The van der Waals surface area contributed by atoms with E-state index >= 15 is 0 Å². The largest absolute Gasteiger partial charge is 0.481 e. The highest BCUT2D eigenvalue weighted by atomic mass is 32.2. The fraction of sp³-hybridized carbons (Fsp3) is 0.522. The molecular formula is C69H94N5O24S3+. The number of nitrogens with zero attached hydrogens (tertiary/aromatic N) is 2. The maximum absolute atomic E-state index is 12.9. The molecule has 0 fully saturated rings. The molecule has 2 atom stereocenters. The highest BCUT2D eigenvalue weighted by molar-refractivity contribution is 7.86. The van der Waals surface area contributed by atoms with Crippen LogP contribution in [0.25, 0.3) is 0 Å². The second-order valence-corrected chi connectivity index (χ2v) is 29.8. The lowest BCUT2D eigenvalue weighted by atomic mass is 9.81. The SMILES string of the molecule is CC1(C)C(/C=C/C2=C(Oc3ccc(S(=O)(=O)O)cc3)C(=C/C=C3/N(CCCCS(=O)(=O)O)c4ccccc4C3(C)C)/CCC2)=[N+](CCCCCC(=O)NCCOCCOCCOCCOCCC(=O)NCCCC[C@H](OC(=O)N[C@@H](CCC(=O)O)C(=O)O)C(=O)O)c2ccc(S(=O)(=O)O)cc21. The van der Waals surface area contributed by atoms with Crippen molar-refractivity contribution in [3.63, 3.8) is 0 Å². The minimum atomic E-state index is -4.56. The average molecular weight is 1470 g/mol. The Balaban J connectivity index is 0.945. The van der Waals surface area contributed by atoms with E-state index < -0.39 is 90.2 Å². The van der Waals surface area contributed by atoms with Crippen LogP contribution in [0.1, 0.15) is 135 Å². The molecule has 6 rings (SSSR count). The van der Waals surface area contributed by atoms with Gasteiger partial charge >= 0.3 is 24.0 Å². The predicted molar refractivity (Wildman–Crippen MR) is 370 cm³/mol. The number of carboxylic acid groups (broad SMARTS) is 3. The van der Waals surface area contributed by atoms with Crippen molar-refractivity contribution in [1.82, 2.24) is 16.0 Å². The quantitative estimate of drug-likeness (QED) is 0.0148. The molecule has 0 saturated carbocycles. The standard InChI is InChI=1S/C69H93N5O24S3/c1-68(2)53-17-7-8-18-56(53)73(37-12-13-46-99(84,85)86)59(68)30-21-48-15-14-16-49(64(48)97-50-23-25-51(26-24-50)100(87,88)89)22-31-60-69(3,4)54-47-52(101(90,91)92)27-29-57(54)74(60)36-11-5-6-20-61(75)71-35-39-94-41-43-96-45-44-95-42-40-93-38-33-62(76)70-34-10-9-19-58(66(81)82)98-67(83)72-55(65(79)80)28-32-63(77)78/h7-8,17-18,21-27,29-31,47,55,58H,5-6,9-16,19-20,28,32-46H2,1-4H3,(H8-,70,71,72,75,76,77,78,79,80,81,82,83,84,85,86,87,88,89,90,91,92)/p+1/t55-,58-/m0/s1. The van der Waals surface area contributed by atoms with E-state index in [4.69, 9.17) is 33.5 Å². The van der Waals surface area contributed by atoms with E-state index in [1.807, 2.05) is 61.7 Å². The van der Waals surface area contributed by atoms with Gasteiger partial charge in [0.15, 0.2) is 5.71 Å². The Morgan fingerprint density at radius 3 is 1.89 bits per heavy atom. The van der Waals surface area contributed by atoms with Gasteiger partial charge in [-0.15, -0.1) is 0 Å². The summed E-state index contributed by atoms with van der Waals surface area (Å²) in [5.74, 6) is -4.20. The topological polar surface area (TPSA) is 424 Å². The summed E-state index contributed by atoms with van der Waals surface area (Å²) in [6.45, 7) is 11.7. The summed E-state index contributed by atoms with van der Waals surface area (Å²) in [4.78, 5) is 72.3. The fourth-order valence-electron chi connectivity index (χ4n) is 11.8. The maximum atomic E-state index is 12.9. The van der Waals surface area contributed by atoms with Crippen molar-refractivity contribution in [3.05, 3.63) is 125 Å². The molecule has 0 spiro atoms. The van der Waals surface area contributed by atoms with Gasteiger partial charge in [-0.3, -0.25) is 28.0 Å². The lowest BCUT2D eigenvalue weighted by molar-refractivity contribution is -0.438. The minimum absolute atomic E-state index is 0.0656. The number of unbranched alkanes of at least 4 members (excludes halogenated alkanes) is 4. The Morgan fingerprint density at radius 2 is 1.25 bits per heavy atom. The van der Waals surface area contributed by atoms with Gasteiger partial charge in [0.2, 0.25) is 23.6 Å². The van der Waals surface area contributed by atoms with Crippen LogP contribution in [-0.2, 0) is 88.8 Å². The van der Waals surface area contributed by atoms with Crippen LogP contribution in [0.2, 0.25) is 0 Å². The molecule has 3 aromatic carbocycles. The third kappa shape index (κ3) is 26.1. The van der Waals surface area contributed by atoms with Crippen LogP contribution in [-0.4, -0.2) is 197 Å². The lowest BCUT2D eigenvalue weighted by Gasteiger charge is -2.27. The molecule has 0 aromatic heterocycles. The fourth-order valence-corrected chi connectivity index (χ4v) is 13.4. The Bertz CT molecular complexity index is 3900. The summed E-state index contributed by atoms with van der Waals surface area (Å²) in [5, 5.41) is 34.8. The zero-order valence-corrected chi connectivity index (χ0v) is 59.7. The van der Waals surface area contributed by atoms with E-state index in [9.17, 15) is 77.9 Å². The summed E-state index contributed by atoms with van der Waals surface area (Å²) in [5.41, 5.74) is 5.67. The molecule has 0 bridgehead atoms. The molecule has 3 amide bonds. The number of fused-ring (bicyclic) bond motifs is 2. The number of nitrogens with one attached hydrogen (secondary N) is 3. The number of carbonyl (C=O) groups excluding carboxylic acids is 3. The van der Waals surface area contributed by atoms with Gasteiger partial charge in [-0.2, -0.15) is 29.8 Å². The first kappa shape index (κ1) is 82.0. The van der Waals surface area contributed by atoms with Gasteiger partial charge in [0, 0.05) is 79.8 Å². The maximum Gasteiger partial charge on any atom is 0.408 e. The van der Waals surface area contributed by atoms with E-state index in [0.29, 0.717) is 94.9 Å². The molecule has 2 aliphatic heterocycles. The monoisotopic (exact) mass is 1470 g/mol. The first-order valence-corrected chi connectivity index (χ1v) is 37.9. The normalized spacial score (nSPS) is 16.5. The van der Waals surface area contributed by atoms with Crippen molar-refractivity contribution < 1.29 is 116 Å². The van der Waals surface area contributed by atoms with Crippen LogP contribution in [0.3, 0.4) is 0 Å². The number of anilines is 1. The highest BCUT2D eigenvalue weighted by Crippen LogP contribution is 2.48. The van der Waals surface area contributed by atoms with Gasteiger partial charge in [-0.25, -0.2) is 14.4 Å². The van der Waals surface area contributed by atoms with Crippen LogP contribution in [0.15, 0.2) is 123 Å². The molecular weight excluding hydrogens is 1380 g/mol. The van der Waals surface area contributed by atoms with Crippen molar-refractivity contribution in [3.8, 4) is 5.75 Å². The van der Waals surface area contributed by atoms with Gasteiger partial charge in [-0.05, 0) is 156 Å². The number of amides is 3. The second-order valence-electron chi connectivity index (χ2n) is 25.3. The van der Waals surface area contributed by atoms with Gasteiger partial charge in [0.1, 0.15) is 24.1 Å². The molecule has 1 aliphatic carbocycles. The molecule has 3 aliphatic rings. The lowest BCUT2D eigenvalue weighted by Crippen LogP contribution is -2.43. The molecule has 3 aromatic rings. The van der Waals surface area contributed by atoms with Crippen LogP contribution >= 0.6 is 0 Å². The Hall–Kier alpha value is -7.92. The molecule has 0 radical (unpaired) electrons. The molecule has 2 heterocycles. The van der Waals surface area contributed by atoms with Crippen LogP contribution in [0.5, 0.6) is 5.75 Å². The predicted octanol–water partition coefficient (Wildman–Crippen LogP) is 7.82. The van der Waals surface area contributed by atoms with Gasteiger partial charge in [-0.1, -0.05) is 38.1 Å². The zero-order chi connectivity index (χ0) is 74.0. The average Bonchev–Trinajstić information content (AvgIpc) is 1.59. The van der Waals surface area contributed by atoms with E-state index in [-0.39, 0.29) is 106 Å². The van der Waals surface area contributed by atoms with Crippen LogP contribution < -0.4 is 25.6 Å². The number of hydrogen-bond donors (Lipinski definition) is 9. The van der Waals surface area contributed by atoms with E-state index in [2.05, 4.69) is 40.0 Å². The Morgan fingerprint density at radius 1 is 0.614 bits per heavy atom. The van der Waals surface area contributed by atoms with Crippen molar-refractivity contribution >= 4 is 83.3 Å². The minimum Gasteiger partial charge on any atom is -0.481 e. The number of rotatable bonds is 45. The molecule has 556 valence electrons. The number of benzene rings is 3. The van der Waals surface area contributed by atoms with E-state index in [0.717, 1.165) is 45.9 Å². The Kier molecular flexibility index (Phi) is 31.6. The third-order valence-corrected chi connectivity index (χ3v) is 19.6. The van der Waals surface area contributed by atoms with Crippen molar-refractivity contribution in [2.24, 2.45) is 0 Å². The van der Waals surface area contributed by atoms with Gasteiger partial charge < -0.3 is 64.6 Å². The summed E-state index contributed by atoms with van der Waals surface area (Å²) in [7, 11) is -13.2. The van der Waals surface area contributed by atoms with Crippen molar-refractivity contribution in [2.45, 2.75) is 157 Å². The van der Waals surface area contributed by atoms with Crippen LogP contribution in [0, 0.1) is 0 Å². The number of carboxylic acids is 3. The number of ether oxygens (including phenoxy) is 6. The number of aliphatic carboxylic acids is 3. The van der Waals surface area contributed by atoms with E-state index in [1.165, 1.54) is 36.4 Å². The molecule has 0 unspecified atom stereocenters. The number of allylic oxidation sites excluding steroid dienone is 7. The Labute approximate surface area is 589 Å². The third-order valence-electron chi connectivity index (χ3n) is 17.1. The molecule has 32 heteroatoms. The van der Waals surface area contributed by atoms with Crippen molar-refractivity contribution in [2.75, 3.05) is 89.7 Å². The summed E-state index contributed by atoms with van der Waals surface area (Å²) in [6.07, 6.45) is 9.53. The van der Waals surface area contributed by atoms with Crippen LogP contribution in [0.4, 0.5) is 16.2 Å². The van der Waals surface area contributed by atoms with Gasteiger partial charge in [0.25, 0.3) is 30.4 Å². The number of para-hydroxylation sites is 1. The van der Waals surface area contributed by atoms with E-state index in [1.54, 1.807) is 6.07 Å². The molecule has 101 heavy (non-hydrogen) atoms. The number of carbonyl (C=O) groups is 6. The smallest absolute Gasteiger partial charge is 0.408 e. The molecule has 9 N–H and O–H groups in total. The summed E-state index contributed by atoms with van der Waals surface area (Å²) < 4.78 is 137. The van der Waals surface area contributed by atoms with Gasteiger partial charge in [0.05, 0.1) is 73.8 Å².